The molecule has 3 heteroatoms. The van der Waals surface area contributed by atoms with Crippen LogP contribution in [0.15, 0.2) is 27.9 Å². The highest BCUT2D eigenvalue weighted by Crippen LogP contribution is 2.53. The van der Waals surface area contributed by atoms with Gasteiger partial charge >= 0.3 is 0 Å². The highest BCUT2D eigenvalue weighted by Gasteiger charge is 2.45. The number of carbonyl (C=O) groups excluding carboxylic acids is 2. The number of allylic oxidation sites excluding steroid dienone is 4. The number of hydrogen-bond acceptors (Lipinski definition) is 3. The average molecular weight is 296 g/mol. The van der Waals surface area contributed by atoms with Crippen LogP contribution in [0.3, 0.4) is 0 Å². The van der Waals surface area contributed by atoms with Crippen molar-refractivity contribution in [1.29, 1.82) is 0 Å². The number of Topliss-reactive ketones (excluding diaryl/α,β-unsaturated/α-hetero) is 2. The summed E-state index contributed by atoms with van der Waals surface area (Å²) in [4.78, 5) is 24.9. The van der Waals surface area contributed by atoms with Crippen LogP contribution in [0.5, 0.6) is 0 Å². The van der Waals surface area contributed by atoms with E-state index in [2.05, 4.69) is 19.9 Å². The van der Waals surface area contributed by atoms with E-state index < -0.39 is 5.78 Å². The Kier molecular flexibility index (Phi) is 2.69. The molecule has 0 saturated heterocycles. The molecule has 22 heavy (non-hydrogen) atoms. The summed E-state index contributed by atoms with van der Waals surface area (Å²) < 4.78 is 5.73. The predicted molar refractivity (Wildman–Crippen MR) is 83.5 cm³/mol. The van der Waals surface area contributed by atoms with Crippen LogP contribution in [-0.2, 0) is 4.79 Å². The fraction of sp³-hybridized carbons (Fsp3) is 0.474. The van der Waals surface area contributed by atoms with Gasteiger partial charge in [-0.15, -0.1) is 0 Å². The lowest BCUT2D eigenvalue weighted by Gasteiger charge is -2.43. The second-order valence-corrected chi connectivity index (χ2v) is 7.37. The molecule has 0 radical (unpaired) electrons. The van der Waals surface area contributed by atoms with Crippen LogP contribution in [-0.4, -0.2) is 11.6 Å². The summed E-state index contributed by atoms with van der Waals surface area (Å²) in [7, 11) is 0. The summed E-state index contributed by atoms with van der Waals surface area (Å²) in [5, 5.41) is 0. The maximum absolute atomic E-state index is 12.5. The highest BCUT2D eigenvalue weighted by molar-refractivity contribution is 6.52. The van der Waals surface area contributed by atoms with Gasteiger partial charge in [-0.1, -0.05) is 31.9 Å². The molecule has 1 unspecified atom stereocenters. The Morgan fingerprint density at radius 3 is 2.77 bits per heavy atom. The van der Waals surface area contributed by atoms with Crippen molar-refractivity contribution >= 4 is 17.1 Å². The van der Waals surface area contributed by atoms with Crippen molar-refractivity contribution in [3.63, 3.8) is 0 Å². The Labute approximate surface area is 130 Å². The summed E-state index contributed by atoms with van der Waals surface area (Å²) in [6, 6.07) is 0. The third kappa shape index (κ3) is 1.62. The molecule has 1 aromatic heterocycles. The van der Waals surface area contributed by atoms with Gasteiger partial charge in [-0.3, -0.25) is 9.59 Å². The number of furan rings is 1. The van der Waals surface area contributed by atoms with Gasteiger partial charge in [0.25, 0.3) is 0 Å². The number of rotatable bonds is 0. The lowest BCUT2D eigenvalue weighted by Crippen LogP contribution is -2.34. The largest absolute Gasteiger partial charge is 0.464 e. The van der Waals surface area contributed by atoms with Crippen LogP contribution in [0.4, 0.5) is 0 Å². The topological polar surface area (TPSA) is 47.3 Å². The van der Waals surface area contributed by atoms with Crippen molar-refractivity contribution in [3.05, 3.63) is 40.4 Å². The van der Waals surface area contributed by atoms with Crippen LogP contribution >= 0.6 is 0 Å². The van der Waals surface area contributed by atoms with Crippen LogP contribution in [0.25, 0.3) is 5.57 Å². The van der Waals surface area contributed by atoms with Crippen molar-refractivity contribution < 1.29 is 14.0 Å². The number of ketones is 2. The van der Waals surface area contributed by atoms with E-state index in [9.17, 15) is 9.59 Å². The molecule has 1 heterocycles. The standard InChI is InChI=1S/C19H20O3/c1-10-9-22-18-14(10)17(21)16(20)12-6-7-13-11(15(12)18)5-4-8-19(13,2)3/h7,9,11H,4-6,8H2,1-3H3. The first-order chi connectivity index (χ1) is 10.4. The average Bonchev–Trinajstić information content (AvgIpc) is 2.85. The smallest absolute Gasteiger partial charge is 0.237 e. The monoisotopic (exact) mass is 296 g/mol. The fourth-order valence-corrected chi connectivity index (χ4v) is 4.46. The number of carbonyl (C=O) groups is 2. The minimum Gasteiger partial charge on any atom is -0.464 e. The Hall–Kier alpha value is -1.90. The zero-order valence-electron chi connectivity index (χ0n) is 13.3. The summed E-state index contributed by atoms with van der Waals surface area (Å²) in [6.07, 6.45) is 7.72. The van der Waals surface area contributed by atoms with Crippen LogP contribution < -0.4 is 0 Å². The molecule has 3 aliphatic carbocycles. The molecule has 0 N–H and O–H groups in total. The van der Waals surface area contributed by atoms with Gasteiger partial charge in [0.2, 0.25) is 11.6 Å². The quantitative estimate of drug-likeness (QED) is 0.531. The zero-order valence-corrected chi connectivity index (χ0v) is 13.3. The molecule has 3 aliphatic rings. The molecule has 0 bridgehead atoms. The Morgan fingerprint density at radius 1 is 1.23 bits per heavy atom. The van der Waals surface area contributed by atoms with E-state index in [1.807, 2.05) is 6.92 Å². The summed E-state index contributed by atoms with van der Waals surface area (Å²) >= 11 is 0. The first-order valence-corrected chi connectivity index (χ1v) is 8.03. The van der Waals surface area contributed by atoms with Crippen LogP contribution in [0, 0.1) is 18.3 Å². The van der Waals surface area contributed by atoms with E-state index in [1.165, 1.54) is 12.0 Å². The van der Waals surface area contributed by atoms with Crippen molar-refractivity contribution in [2.45, 2.75) is 46.5 Å². The van der Waals surface area contributed by atoms with Crippen LogP contribution in [0.1, 0.15) is 61.2 Å². The van der Waals surface area contributed by atoms with E-state index in [-0.39, 0.29) is 17.1 Å². The molecule has 3 nitrogen and oxygen atoms in total. The van der Waals surface area contributed by atoms with Gasteiger partial charge in [0.05, 0.1) is 11.8 Å². The van der Waals surface area contributed by atoms with E-state index >= 15 is 0 Å². The van der Waals surface area contributed by atoms with E-state index in [0.717, 1.165) is 24.0 Å². The SMILES string of the molecule is Cc1coc2c1C(=O)C(=O)C1=C2C2CCCC(C)(C)C2=CC1. The lowest BCUT2D eigenvalue weighted by molar-refractivity contribution is -0.112. The number of aryl methyl sites for hydroxylation is 1. The second kappa shape index (κ2) is 4.31. The maximum Gasteiger partial charge on any atom is 0.237 e. The Balaban J connectivity index is 1.93. The van der Waals surface area contributed by atoms with E-state index in [0.29, 0.717) is 23.3 Å². The second-order valence-electron chi connectivity index (χ2n) is 7.37. The van der Waals surface area contributed by atoms with Gasteiger partial charge in [0, 0.05) is 17.1 Å². The summed E-state index contributed by atoms with van der Waals surface area (Å²) in [6.45, 7) is 6.39. The summed E-state index contributed by atoms with van der Waals surface area (Å²) in [5.41, 5.74) is 4.50. The molecule has 1 atom stereocenters. The van der Waals surface area contributed by atoms with Gasteiger partial charge in [-0.25, -0.2) is 0 Å². The molecular weight excluding hydrogens is 276 g/mol. The molecular formula is C19H20O3. The van der Waals surface area contributed by atoms with Crippen molar-refractivity contribution in [1.82, 2.24) is 0 Å². The van der Waals surface area contributed by atoms with Gasteiger partial charge in [0.1, 0.15) is 5.76 Å². The Bertz CT molecular complexity index is 771. The van der Waals surface area contributed by atoms with E-state index in [1.54, 1.807) is 6.26 Å². The van der Waals surface area contributed by atoms with Crippen molar-refractivity contribution in [3.8, 4) is 0 Å². The minimum atomic E-state index is -0.396. The molecule has 0 amide bonds. The normalized spacial score (nSPS) is 26.3. The third-order valence-electron chi connectivity index (χ3n) is 5.58. The predicted octanol–water partition coefficient (Wildman–Crippen LogP) is 4.26. The van der Waals surface area contributed by atoms with Gasteiger partial charge in [-0.05, 0) is 37.2 Å². The van der Waals surface area contributed by atoms with Gasteiger partial charge in [-0.2, -0.15) is 0 Å². The molecule has 1 saturated carbocycles. The lowest BCUT2D eigenvalue weighted by atomic mass is 9.61. The zero-order chi connectivity index (χ0) is 15.6. The maximum atomic E-state index is 12.5. The van der Waals surface area contributed by atoms with E-state index in [4.69, 9.17) is 4.42 Å². The highest BCUT2D eigenvalue weighted by atomic mass is 16.3. The van der Waals surface area contributed by atoms with Gasteiger partial charge in [0.15, 0.2) is 0 Å². The number of hydrogen-bond donors (Lipinski definition) is 0. The first kappa shape index (κ1) is 13.7. The van der Waals surface area contributed by atoms with Crippen LogP contribution in [0.2, 0.25) is 0 Å². The molecule has 0 aliphatic heterocycles. The number of fused-ring (bicyclic) bond motifs is 4. The van der Waals surface area contributed by atoms with Gasteiger partial charge < -0.3 is 4.42 Å². The molecule has 0 aromatic carbocycles. The fourth-order valence-electron chi connectivity index (χ4n) is 4.46. The Morgan fingerprint density at radius 2 is 2.00 bits per heavy atom. The molecule has 4 rings (SSSR count). The van der Waals surface area contributed by atoms with Crippen molar-refractivity contribution in [2.75, 3.05) is 0 Å². The molecule has 114 valence electrons. The molecule has 1 aromatic rings. The third-order valence-corrected chi connectivity index (χ3v) is 5.58. The van der Waals surface area contributed by atoms with Crippen molar-refractivity contribution in [2.24, 2.45) is 11.3 Å². The summed E-state index contributed by atoms with van der Waals surface area (Å²) in [5.74, 6) is 0.164. The minimum absolute atomic E-state index is 0.160. The molecule has 0 spiro atoms. The first-order valence-electron chi connectivity index (χ1n) is 8.03. The molecule has 1 fully saturated rings.